The van der Waals surface area contributed by atoms with Crippen LogP contribution in [-0.4, -0.2) is 11.2 Å². The van der Waals surface area contributed by atoms with Crippen molar-refractivity contribution in [2.45, 2.75) is 5.09 Å². The summed E-state index contributed by atoms with van der Waals surface area (Å²) in [7, 11) is 0. The molecule has 0 saturated carbocycles. The average Bonchev–Trinajstić information content (AvgIpc) is 2.27. The molecule has 0 unspecified atom stereocenters. The van der Waals surface area contributed by atoms with Gasteiger partial charge in [-0.1, -0.05) is 23.4 Å². The van der Waals surface area contributed by atoms with E-state index in [0.29, 0.717) is 5.02 Å². The van der Waals surface area contributed by atoms with Gasteiger partial charge >= 0.3 is 5.69 Å². The van der Waals surface area contributed by atoms with E-state index in [2.05, 4.69) is 0 Å². The van der Waals surface area contributed by atoms with Crippen LogP contribution in [-0.2, 0) is 0 Å². The number of fused-ring (bicyclic) bond motifs is 1. The maximum absolute atomic E-state index is 11.9. The van der Waals surface area contributed by atoms with Crippen LogP contribution in [0.4, 0.5) is 5.69 Å². The number of rotatable bonds is 2. The van der Waals surface area contributed by atoms with Crippen molar-refractivity contribution in [2.24, 2.45) is 0 Å². The van der Waals surface area contributed by atoms with Gasteiger partial charge in [-0.15, -0.1) is 0 Å². The quantitative estimate of drug-likeness (QED) is 0.477. The Bertz CT molecular complexity index is 667. The SMILES string of the molecule is CSc1oc2cc(Cl)ccc2c(=O)c1[N+](=O)[O-]. The van der Waals surface area contributed by atoms with Crippen molar-refractivity contribution in [1.82, 2.24) is 0 Å². The molecule has 1 heterocycles. The standard InChI is InChI=1S/C10H6ClNO4S/c1-17-10-8(12(14)15)9(13)6-3-2-5(11)4-7(6)16-10/h2-4H,1H3. The summed E-state index contributed by atoms with van der Waals surface area (Å²) in [5.41, 5.74) is -0.943. The molecular formula is C10H6ClNO4S. The minimum Gasteiger partial charge on any atom is -0.442 e. The lowest BCUT2D eigenvalue weighted by molar-refractivity contribution is -0.390. The van der Waals surface area contributed by atoms with E-state index >= 15 is 0 Å². The summed E-state index contributed by atoms with van der Waals surface area (Å²) in [6, 6.07) is 4.37. The van der Waals surface area contributed by atoms with Gasteiger partial charge in [0.1, 0.15) is 5.58 Å². The van der Waals surface area contributed by atoms with Gasteiger partial charge in [-0.25, -0.2) is 0 Å². The predicted octanol–water partition coefficient (Wildman–Crippen LogP) is 3.08. The lowest BCUT2D eigenvalue weighted by Gasteiger charge is -2.01. The van der Waals surface area contributed by atoms with Crippen LogP contribution < -0.4 is 5.43 Å². The molecule has 0 aliphatic heterocycles. The third-order valence-electron chi connectivity index (χ3n) is 2.17. The summed E-state index contributed by atoms with van der Waals surface area (Å²) in [6.07, 6.45) is 1.60. The van der Waals surface area contributed by atoms with Crippen LogP contribution in [0.25, 0.3) is 11.0 Å². The van der Waals surface area contributed by atoms with Crippen LogP contribution in [0.3, 0.4) is 0 Å². The zero-order chi connectivity index (χ0) is 12.6. The van der Waals surface area contributed by atoms with Crippen LogP contribution in [0.15, 0.2) is 32.5 Å². The number of hydrogen-bond acceptors (Lipinski definition) is 5. The number of halogens is 1. The zero-order valence-corrected chi connectivity index (χ0v) is 10.2. The molecule has 88 valence electrons. The predicted molar refractivity (Wildman–Crippen MR) is 65.9 cm³/mol. The van der Waals surface area contributed by atoms with Gasteiger partial charge in [0.25, 0.3) is 5.43 Å². The molecule has 0 spiro atoms. The van der Waals surface area contributed by atoms with Gasteiger partial charge in [-0.05, 0) is 18.4 Å². The first-order valence-corrected chi connectivity index (χ1v) is 6.09. The van der Waals surface area contributed by atoms with Crippen LogP contribution in [0, 0.1) is 10.1 Å². The van der Waals surface area contributed by atoms with E-state index in [1.54, 1.807) is 6.26 Å². The Morgan fingerprint density at radius 1 is 1.47 bits per heavy atom. The number of hydrogen-bond donors (Lipinski definition) is 0. The smallest absolute Gasteiger partial charge is 0.365 e. The van der Waals surface area contributed by atoms with Crippen molar-refractivity contribution < 1.29 is 9.34 Å². The molecule has 7 heteroatoms. The summed E-state index contributed by atoms with van der Waals surface area (Å²) in [5.74, 6) is 0. The number of benzene rings is 1. The second-order valence-electron chi connectivity index (χ2n) is 3.17. The second-order valence-corrected chi connectivity index (χ2v) is 4.38. The van der Waals surface area contributed by atoms with Gasteiger partial charge in [0.05, 0.1) is 10.3 Å². The van der Waals surface area contributed by atoms with Crippen LogP contribution in [0.2, 0.25) is 5.02 Å². The minimum atomic E-state index is -0.730. The van der Waals surface area contributed by atoms with Gasteiger partial charge in [0.15, 0.2) is 0 Å². The molecule has 0 N–H and O–H groups in total. The lowest BCUT2D eigenvalue weighted by atomic mass is 10.2. The van der Waals surface area contributed by atoms with Crippen molar-refractivity contribution in [2.75, 3.05) is 6.26 Å². The fourth-order valence-electron chi connectivity index (χ4n) is 1.43. The monoisotopic (exact) mass is 271 g/mol. The van der Waals surface area contributed by atoms with Crippen LogP contribution in [0.1, 0.15) is 0 Å². The number of thioether (sulfide) groups is 1. The summed E-state index contributed by atoms with van der Waals surface area (Å²) in [4.78, 5) is 22.0. The maximum Gasteiger partial charge on any atom is 0.365 e. The topological polar surface area (TPSA) is 73.3 Å². The van der Waals surface area contributed by atoms with Crippen molar-refractivity contribution in [3.8, 4) is 0 Å². The molecule has 0 fully saturated rings. The summed E-state index contributed by atoms with van der Waals surface area (Å²) >= 11 is 6.77. The number of nitro groups is 1. The first kappa shape index (κ1) is 11.9. The van der Waals surface area contributed by atoms with Crippen molar-refractivity contribution in [3.05, 3.63) is 43.6 Å². The Balaban J connectivity index is 2.93. The van der Waals surface area contributed by atoms with E-state index < -0.39 is 16.0 Å². The lowest BCUT2D eigenvalue weighted by Crippen LogP contribution is -2.09. The van der Waals surface area contributed by atoms with E-state index in [9.17, 15) is 14.9 Å². The Kier molecular flexibility index (Phi) is 3.08. The molecule has 1 aromatic carbocycles. The molecule has 0 bridgehead atoms. The van der Waals surface area contributed by atoms with E-state index in [4.69, 9.17) is 16.0 Å². The Labute approximate surface area is 105 Å². The Morgan fingerprint density at radius 3 is 2.76 bits per heavy atom. The van der Waals surface area contributed by atoms with Gasteiger partial charge < -0.3 is 4.42 Å². The average molecular weight is 272 g/mol. The van der Waals surface area contributed by atoms with E-state index in [1.807, 2.05) is 0 Å². The fraction of sp³-hybridized carbons (Fsp3) is 0.100. The fourth-order valence-corrected chi connectivity index (χ4v) is 2.13. The van der Waals surface area contributed by atoms with Gasteiger partial charge in [0.2, 0.25) is 5.09 Å². The van der Waals surface area contributed by atoms with Crippen LogP contribution in [0.5, 0.6) is 0 Å². The molecule has 0 radical (unpaired) electrons. The van der Waals surface area contributed by atoms with Gasteiger partial charge in [-0.2, -0.15) is 0 Å². The summed E-state index contributed by atoms with van der Waals surface area (Å²) in [6.45, 7) is 0. The second kappa shape index (κ2) is 4.38. The highest BCUT2D eigenvalue weighted by Gasteiger charge is 2.23. The molecule has 5 nitrogen and oxygen atoms in total. The molecule has 1 aromatic heterocycles. The third-order valence-corrected chi connectivity index (χ3v) is 3.05. The van der Waals surface area contributed by atoms with Crippen LogP contribution >= 0.6 is 23.4 Å². The summed E-state index contributed by atoms with van der Waals surface area (Å²) in [5, 5.41) is 11.4. The minimum absolute atomic E-state index is 0.0187. The van der Waals surface area contributed by atoms with E-state index in [0.717, 1.165) is 11.8 Å². The Morgan fingerprint density at radius 2 is 2.18 bits per heavy atom. The highest BCUT2D eigenvalue weighted by Crippen LogP contribution is 2.29. The number of nitrogens with zero attached hydrogens (tertiary/aromatic N) is 1. The molecule has 0 aliphatic rings. The molecule has 2 aromatic rings. The Hall–Kier alpha value is -1.53. The molecule has 0 aliphatic carbocycles. The highest BCUT2D eigenvalue weighted by atomic mass is 35.5. The first-order chi connectivity index (χ1) is 8.04. The normalized spacial score (nSPS) is 10.7. The highest BCUT2D eigenvalue weighted by molar-refractivity contribution is 7.98. The van der Waals surface area contributed by atoms with Crippen molar-refractivity contribution in [1.29, 1.82) is 0 Å². The molecule has 17 heavy (non-hydrogen) atoms. The zero-order valence-electron chi connectivity index (χ0n) is 8.60. The molecule has 2 rings (SSSR count). The van der Waals surface area contributed by atoms with E-state index in [-0.39, 0.29) is 16.1 Å². The summed E-state index contributed by atoms with van der Waals surface area (Å²) < 4.78 is 5.30. The molecular weight excluding hydrogens is 266 g/mol. The third kappa shape index (κ3) is 2.01. The van der Waals surface area contributed by atoms with Gasteiger partial charge in [-0.3, -0.25) is 14.9 Å². The largest absolute Gasteiger partial charge is 0.442 e. The first-order valence-electron chi connectivity index (χ1n) is 4.49. The molecule has 0 amide bonds. The maximum atomic E-state index is 11.9. The molecule has 0 atom stereocenters. The van der Waals surface area contributed by atoms with E-state index in [1.165, 1.54) is 18.2 Å². The van der Waals surface area contributed by atoms with Gasteiger partial charge in [0, 0.05) is 11.1 Å². The van der Waals surface area contributed by atoms with Crippen molar-refractivity contribution >= 4 is 40.0 Å². The molecule has 0 saturated heterocycles. The van der Waals surface area contributed by atoms with Crippen molar-refractivity contribution in [3.63, 3.8) is 0 Å².